The van der Waals surface area contributed by atoms with Crippen molar-refractivity contribution in [1.82, 2.24) is 8.97 Å². The molecule has 1 spiro atoms. The quantitative estimate of drug-likeness (QED) is 0.202. The molecule has 2 aliphatic heterocycles. The Morgan fingerprint density at radius 3 is 1.95 bits per heavy atom. The summed E-state index contributed by atoms with van der Waals surface area (Å²) in [6, 6.07) is 41.8. The van der Waals surface area contributed by atoms with Gasteiger partial charge in [0.15, 0.2) is 5.75 Å². The van der Waals surface area contributed by atoms with Gasteiger partial charge in [-0.3, -0.25) is 0 Å². The van der Waals surface area contributed by atoms with Crippen molar-refractivity contribution in [2.24, 2.45) is 0 Å². The molecule has 7 rings (SSSR count). The molecule has 0 fully saturated rings. The zero-order chi connectivity index (χ0) is 30.0. The Morgan fingerprint density at radius 2 is 1.26 bits per heavy atom. The number of aryl methyl sites for hydroxylation is 3. The summed E-state index contributed by atoms with van der Waals surface area (Å²) >= 11 is 0. The lowest BCUT2D eigenvalue weighted by atomic mass is 9.93. The van der Waals surface area contributed by atoms with Gasteiger partial charge in [0.25, 0.3) is 0 Å². The van der Waals surface area contributed by atoms with Crippen LogP contribution in [0, 0.1) is 20.8 Å². The topological polar surface area (TPSA) is 12.5 Å². The maximum Gasteiger partial charge on any atom is 0.488 e. The number of rotatable bonds is 3. The highest BCUT2D eigenvalue weighted by Gasteiger charge is 2.74. The smallest absolute Gasteiger partial charge is 0.374 e. The first kappa shape index (κ1) is 27.5. The van der Waals surface area contributed by atoms with E-state index in [0.717, 1.165) is 24.4 Å². The van der Waals surface area contributed by atoms with Crippen LogP contribution in [0.5, 0.6) is 5.75 Å². The van der Waals surface area contributed by atoms with Crippen LogP contribution in [-0.4, -0.2) is 27.1 Å². The van der Waals surface area contributed by atoms with E-state index in [0.29, 0.717) is 8.97 Å². The summed E-state index contributed by atoms with van der Waals surface area (Å²) in [4.78, 5) is 2.45. The van der Waals surface area contributed by atoms with Gasteiger partial charge in [-0.1, -0.05) is 84.9 Å². The second-order valence-corrected chi connectivity index (χ2v) is 12.8. The molecule has 3 atom stereocenters. The van der Waals surface area contributed by atoms with Gasteiger partial charge in [-0.25, -0.2) is 4.90 Å². The fourth-order valence-corrected chi connectivity index (χ4v) is 8.32. The summed E-state index contributed by atoms with van der Waals surface area (Å²) in [6.45, 7) is 8.29. The largest absolute Gasteiger partial charge is 0.488 e. The lowest BCUT2D eigenvalue weighted by molar-refractivity contribution is -0.187. The normalized spacial score (nSPS) is 24.3. The minimum Gasteiger partial charge on any atom is -0.374 e. The number of nitrogens with zero attached hydrogens (tertiary/aromatic N) is 3. The van der Waals surface area contributed by atoms with Crippen molar-refractivity contribution in [2.75, 3.05) is 26.0 Å². The number of benzene rings is 5. The van der Waals surface area contributed by atoms with E-state index in [4.69, 9.17) is 4.74 Å². The molecule has 0 bridgehead atoms. The Bertz CT molecular complexity index is 1810. The maximum atomic E-state index is 7.89. The number of ether oxygens (including phenoxy) is 1. The highest BCUT2D eigenvalue weighted by Crippen LogP contribution is 2.56. The molecule has 0 saturated carbocycles. The second-order valence-electron chi connectivity index (χ2n) is 12.8. The lowest BCUT2D eigenvalue weighted by Gasteiger charge is -2.62. The summed E-state index contributed by atoms with van der Waals surface area (Å²) in [7, 11) is 7.00. The van der Waals surface area contributed by atoms with E-state index in [9.17, 15) is 0 Å². The van der Waals surface area contributed by atoms with E-state index in [1.165, 1.54) is 50.4 Å². The first-order valence-corrected chi connectivity index (χ1v) is 15.2. The Kier molecular flexibility index (Phi) is 6.28. The van der Waals surface area contributed by atoms with Crippen molar-refractivity contribution in [1.29, 1.82) is 0 Å². The summed E-state index contributed by atoms with van der Waals surface area (Å²) in [5.74, 6) is 0.100. The SMILES string of the molecule is Cc1cc2c(c(-c3ccccc3)c1)OC1(N(C)c3ccccc3C[N@@+]1(C)c1ccccc1)[N@@+](C)(c1c(C)cccc1C)C2. The standard InChI is InChI=1S/C39H41N3O/c1-28-24-33-27-42(6,37-29(2)16-15-17-30(37)3)39(43-38(33)35(25-28)31-18-9-7-10-19-31)40(4)36-23-14-13-20-32(36)26-41(39,5)34-21-11-8-12-22-34/h7-25H,26-27H2,1-6H3/q+2/t39?,41-,42+/m0/s1. The second kappa shape index (κ2) is 9.84. The molecule has 0 aliphatic carbocycles. The Morgan fingerprint density at radius 1 is 0.651 bits per heavy atom. The Labute approximate surface area is 256 Å². The molecule has 0 N–H and O–H groups in total. The zero-order valence-corrected chi connectivity index (χ0v) is 26.1. The molecule has 4 nitrogen and oxygen atoms in total. The van der Waals surface area contributed by atoms with Gasteiger partial charge < -0.3 is 4.74 Å². The molecule has 5 aromatic carbocycles. The lowest BCUT2D eigenvalue weighted by Crippen LogP contribution is -2.89. The van der Waals surface area contributed by atoms with E-state index in [1.807, 2.05) is 0 Å². The molecule has 0 radical (unpaired) electrons. The van der Waals surface area contributed by atoms with Gasteiger partial charge in [-0.05, 0) is 62.2 Å². The van der Waals surface area contributed by atoms with Gasteiger partial charge in [0.2, 0.25) is 0 Å². The van der Waals surface area contributed by atoms with Crippen molar-refractivity contribution in [3.63, 3.8) is 0 Å². The molecule has 0 amide bonds. The van der Waals surface area contributed by atoms with Crippen molar-refractivity contribution in [2.45, 2.75) is 39.8 Å². The van der Waals surface area contributed by atoms with Crippen LogP contribution >= 0.6 is 0 Å². The molecule has 2 aliphatic rings. The van der Waals surface area contributed by atoms with Crippen LogP contribution in [0.4, 0.5) is 17.1 Å². The van der Waals surface area contributed by atoms with Crippen molar-refractivity contribution >= 4 is 17.1 Å². The van der Waals surface area contributed by atoms with E-state index >= 15 is 0 Å². The fourth-order valence-electron chi connectivity index (χ4n) is 8.32. The first-order valence-electron chi connectivity index (χ1n) is 15.2. The third-order valence-corrected chi connectivity index (χ3v) is 9.94. The molecule has 4 heteroatoms. The highest BCUT2D eigenvalue weighted by molar-refractivity contribution is 5.76. The average Bonchev–Trinajstić information content (AvgIpc) is 3.00. The Hall–Kier alpha value is -4.38. The molecule has 5 aromatic rings. The molecule has 0 aromatic heterocycles. The van der Waals surface area contributed by atoms with Crippen LogP contribution < -0.4 is 18.6 Å². The molecular weight excluding hydrogens is 526 g/mol. The van der Waals surface area contributed by atoms with E-state index < -0.39 is 5.97 Å². The number of hydrogen-bond acceptors (Lipinski definition) is 2. The monoisotopic (exact) mass is 567 g/mol. The van der Waals surface area contributed by atoms with Crippen molar-refractivity contribution in [3.05, 3.63) is 143 Å². The first-order chi connectivity index (χ1) is 20.7. The zero-order valence-electron chi connectivity index (χ0n) is 26.1. The van der Waals surface area contributed by atoms with Gasteiger partial charge in [-0.2, -0.15) is 8.97 Å². The van der Waals surface area contributed by atoms with Gasteiger partial charge in [0.1, 0.15) is 24.5 Å². The summed E-state index contributed by atoms with van der Waals surface area (Å²) in [5, 5.41) is 0. The number of anilines is 1. The number of para-hydroxylation sites is 3. The number of quaternary nitrogens is 2. The van der Waals surface area contributed by atoms with E-state index in [1.54, 1.807) is 0 Å². The van der Waals surface area contributed by atoms with Gasteiger partial charge in [0, 0.05) is 29.3 Å². The van der Waals surface area contributed by atoms with Crippen LogP contribution in [0.1, 0.15) is 27.8 Å². The third-order valence-electron chi connectivity index (χ3n) is 9.94. The van der Waals surface area contributed by atoms with Gasteiger partial charge in [-0.15, -0.1) is 0 Å². The van der Waals surface area contributed by atoms with E-state index in [2.05, 4.69) is 162 Å². The van der Waals surface area contributed by atoms with E-state index in [-0.39, 0.29) is 0 Å². The van der Waals surface area contributed by atoms with Gasteiger partial charge in [0.05, 0.1) is 25.3 Å². The molecule has 43 heavy (non-hydrogen) atoms. The fraction of sp³-hybridized carbons (Fsp3) is 0.231. The minimum atomic E-state index is -0.877. The molecule has 0 saturated heterocycles. The van der Waals surface area contributed by atoms with Gasteiger partial charge >= 0.3 is 5.97 Å². The number of hydrogen-bond donors (Lipinski definition) is 0. The minimum absolute atomic E-state index is 0.549. The van der Waals surface area contributed by atoms with Crippen molar-refractivity contribution in [3.8, 4) is 16.9 Å². The van der Waals surface area contributed by atoms with Crippen LogP contribution in [0.3, 0.4) is 0 Å². The highest BCUT2D eigenvalue weighted by atomic mass is 16.6. The molecular formula is C39H41N3O+2. The summed E-state index contributed by atoms with van der Waals surface area (Å²) in [6.07, 6.45) is 0. The van der Waals surface area contributed by atoms with Crippen LogP contribution in [-0.2, 0) is 13.1 Å². The number of fused-ring (bicyclic) bond motifs is 2. The summed E-state index contributed by atoms with van der Waals surface area (Å²) < 4.78 is 9.00. The van der Waals surface area contributed by atoms with Crippen LogP contribution in [0.15, 0.2) is 115 Å². The maximum absolute atomic E-state index is 7.89. The third kappa shape index (κ3) is 3.83. The summed E-state index contributed by atoms with van der Waals surface area (Å²) in [5.41, 5.74) is 12.4. The van der Waals surface area contributed by atoms with Crippen LogP contribution in [0.2, 0.25) is 0 Å². The molecule has 2 heterocycles. The predicted molar refractivity (Wildman–Crippen MR) is 180 cm³/mol. The van der Waals surface area contributed by atoms with Crippen molar-refractivity contribution < 1.29 is 4.74 Å². The predicted octanol–water partition coefficient (Wildman–Crippen LogP) is 8.71. The molecule has 1 unspecified atom stereocenters. The Balaban J connectivity index is 1.63. The average molecular weight is 568 g/mol. The molecule has 216 valence electrons. The van der Waals surface area contributed by atoms with Crippen LogP contribution in [0.25, 0.3) is 11.1 Å².